The van der Waals surface area contributed by atoms with E-state index >= 15 is 0 Å². The first kappa shape index (κ1) is 10.9. The maximum Gasteiger partial charge on any atom is 0.0521 e. The van der Waals surface area contributed by atoms with Crippen molar-refractivity contribution < 1.29 is 0 Å². The second-order valence-electron chi connectivity index (χ2n) is 3.11. The molecular formula is C9H15ClN2S. The fourth-order valence-corrected chi connectivity index (χ4v) is 2.14. The van der Waals surface area contributed by atoms with Crippen LogP contribution in [0, 0.1) is 0 Å². The summed E-state index contributed by atoms with van der Waals surface area (Å²) in [6.45, 7) is 2.15. The third-order valence-electron chi connectivity index (χ3n) is 1.77. The van der Waals surface area contributed by atoms with Crippen LogP contribution in [0.5, 0.6) is 0 Å². The molecule has 0 saturated carbocycles. The molecule has 0 aromatic carbocycles. The Kier molecular flexibility index (Phi) is 4.67. The highest BCUT2D eigenvalue weighted by Crippen LogP contribution is 2.13. The number of aryl methyl sites for hydroxylation is 2. The highest BCUT2D eigenvalue weighted by Gasteiger charge is 2.01. The van der Waals surface area contributed by atoms with Crippen LogP contribution in [0.1, 0.15) is 12.5 Å². The molecule has 0 aliphatic carbocycles. The Bertz CT molecular complexity index is 250. The van der Waals surface area contributed by atoms with Crippen LogP contribution in [0.4, 0.5) is 0 Å². The van der Waals surface area contributed by atoms with Crippen LogP contribution in [0.25, 0.3) is 0 Å². The van der Waals surface area contributed by atoms with E-state index in [1.165, 1.54) is 5.56 Å². The maximum absolute atomic E-state index is 5.70. The van der Waals surface area contributed by atoms with Gasteiger partial charge in [0.05, 0.1) is 6.20 Å². The normalized spacial score (nSPS) is 13.2. The van der Waals surface area contributed by atoms with E-state index in [-0.39, 0.29) is 0 Å². The summed E-state index contributed by atoms with van der Waals surface area (Å²) in [6, 6.07) is 0. The SMILES string of the molecule is CC(CCl)SCCc1cnn(C)c1. The first-order valence-electron chi connectivity index (χ1n) is 4.37. The van der Waals surface area contributed by atoms with Crippen molar-refractivity contribution in [2.24, 2.45) is 7.05 Å². The molecule has 1 unspecified atom stereocenters. The van der Waals surface area contributed by atoms with E-state index in [0.717, 1.165) is 18.1 Å². The molecule has 1 rings (SSSR count). The van der Waals surface area contributed by atoms with E-state index in [0.29, 0.717) is 5.25 Å². The van der Waals surface area contributed by atoms with Crippen LogP contribution in [0.15, 0.2) is 12.4 Å². The molecule has 13 heavy (non-hydrogen) atoms. The zero-order valence-electron chi connectivity index (χ0n) is 8.03. The zero-order chi connectivity index (χ0) is 9.68. The average molecular weight is 219 g/mol. The average Bonchev–Trinajstić information content (AvgIpc) is 2.51. The lowest BCUT2D eigenvalue weighted by Crippen LogP contribution is -1.99. The molecule has 0 fully saturated rings. The number of alkyl halides is 1. The first-order chi connectivity index (χ1) is 6.22. The molecule has 1 aromatic rings. The van der Waals surface area contributed by atoms with Crippen molar-refractivity contribution >= 4 is 23.4 Å². The molecule has 0 amide bonds. The summed E-state index contributed by atoms with van der Waals surface area (Å²) in [5.41, 5.74) is 1.30. The first-order valence-corrected chi connectivity index (χ1v) is 5.96. The summed E-state index contributed by atoms with van der Waals surface area (Å²) in [4.78, 5) is 0. The zero-order valence-corrected chi connectivity index (χ0v) is 9.61. The third-order valence-corrected chi connectivity index (χ3v) is 3.59. The van der Waals surface area contributed by atoms with Gasteiger partial charge in [-0.1, -0.05) is 6.92 Å². The highest BCUT2D eigenvalue weighted by atomic mass is 35.5. The quantitative estimate of drug-likeness (QED) is 0.706. The monoisotopic (exact) mass is 218 g/mol. The molecule has 0 radical (unpaired) electrons. The Hall–Kier alpha value is -0.150. The van der Waals surface area contributed by atoms with Gasteiger partial charge in [0.2, 0.25) is 0 Å². The Morgan fingerprint density at radius 3 is 3.00 bits per heavy atom. The van der Waals surface area contributed by atoms with Gasteiger partial charge in [0.25, 0.3) is 0 Å². The van der Waals surface area contributed by atoms with E-state index in [2.05, 4.69) is 18.2 Å². The lowest BCUT2D eigenvalue weighted by molar-refractivity contribution is 0.767. The number of aromatic nitrogens is 2. The molecule has 1 aromatic heterocycles. The van der Waals surface area contributed by atoms with E-state index in [9.17, 15) is 0 Å². The van der Waals surface area contributed by atoms with Crippen molar-refractivity contribution in [1.82, 2.24) is 9.78 Å². The Morgan fingerprint density at radius 1 is 1.69 bits per heavy atom. The van der Waals surface area contributed by atoms with E-state index in [1.807, 2.05) is 29.7 Å². The number of hydrogen-bond donors (Lipinski definition) is 0. The molecule has 0 N–H and O–H groups in total. The molecule has 0 bridgehead atoms. The lowest BCUT2D eigenvalue weighted by atomic mass is 10.3. The fourth-order valence-electron chi connectivity index (χ4n) is 1.02. The smallest absolute Gasteiger partial charge is 0.0521 e. The highest BCUT2D eigenvalue weighted by molar-refractivity contribution is 7.99. The van der Waals surface area contributed by atoms with Crippen LogP contribution in [-0.2, 0) is 13.5 Å². The number of thioether (sulfide) groups is 1. The molecule has 2 nitrogen and oxygen atoms in total. The van der Waals surface area contributed by atoms with Crippen molar-refractivity contribution in [2.75, 3.05) is 11.6 Å². The Morgan fingerprint density at radius 2 is 2.46 bits per heavy atom. The van der Waals surface area contributed by atoms with Gasteiger partial charge in [0.15, 0.2) is 0 Å². The van der Waals surface area contributed by atoms with E-state index in [4.69, 9.17) is 11.6 Å². The summed E-state index contributed by atoms with van der Waals surface area (Å²) in [6.07, 6.45) is 5.07. The molecular weight excluding hydrogens is 204 g/mol. The molecule has 1 atom stereocenters. The van der Waals surface area contributed by atoms with Gasteiger partial charge < -0.3 is 0 Å². The van der Waals surface area contributed by atoms with Crippen LogP contribution < -0.4 is 0 Å². The summed E-state index contributed by atoms with van der Waals surface area (Å²) in [7, 11) is 1.94. The maximum atomic E-state index is 5.70. The summed E-state index contributed by atoms with van der Waals surface area (Å²) >= 11 is 7.61. The van der Waals surface area contributed by atoms with Crippen LogP contribution in [0.2, 0.25) is 0 Å². The Balaban J connectivity index is 2.20. The van der Waals surface area contributed by atoms with Gasteiger partial charge in [0, 0.05) is 24.4 Å². The van der Waals surface area contributed by atoms with Gasteiger partial charge >= 0.3 is 0 Å². The fraction of sp³-hybridized carbons (Fsp3) is 0.667. The molecule has 0 aliphatic rings. The van der Waals surface area contributed by atoms with Crippen LogP contribution >= 0.6 is 23.4 Å². The van der Waals surface area contributed by atoms with Gasteiger partial charge in [-0.2, -0.15) is 16.9 Å². The van der Waals surface area contributed by atoms with Gasteiger partial charge in [-0.3, -0.25) is 4.68 Å². The predicted molar refractivity (Wildman–Crippen MR) is 59.6 cm³/mol. The van der Waals surface area contributed by atoms with E-state index in [1.54, 1.807) is 0 Å². The summed E-state index contributed by atoms with van der Waals surface area (Å²) in [5.74, 6) is 1.86. The minimum Gasteiger partial charge on any atom is -0.276 e. The molecule has 4 heteroatoms. The standard InChI is InChI=1S/C9H15ClN2S/c1-8(5-10)13-4-3-9-6-11-12(2)7-9/h6-8H,3-5H2,1-2H3. The molecule has 0 saturated heterocycles. The van der Waals surface area contributed by atoms with Gasteiger partial charge in [0.1, 0.15) is 0 Å². The second kappa shape index (κ2) is 5.55. The topological polar surface area (TPSA) is 17.8 Å². The molecule has 0 aliphatic heterocycles. The molecule has 74 valence electrons. The number of rotatable bonds is 5. The van der Waals surface area contributed by atoms with E-state index < -0.39 is 0 Å². The van der Waals surface area contributed by atoms with Gasteiger partial charge in [-0.25, -0.2) is 0 Å². The predicted octanol–water partition coefficient (Wildman–Crippen LogP) is 2.32. The largest absolute Gasteiger partial charge is 0.276 e. The Labute approximate surface area is 88.7 Å². The van der Waals surface area contributed by atoms with Gasteiger partial charge in [-0.05, 0) is 17.7 Å². The summed E-state index contributed by atoms with van der Waals surface area (Å²) in [5, 5.41) is 4.67. The summed E-state index contributed by atoms with van der Waals surface area (Å²) < 4.78 is 1.84. The molecule has 0 spiro atoms. The second-order valence-corrected chi connectivity index (χ2v) is 4.96. The van der Waals surface area contributed by atoms with Crippen molar-refractivity contribution in [3.8, 4) is 0 Å². The minimum absolute atomic E-state index is 0.554. The van der Waals surface area contributed by atoms with Crippen molar-refractivity contribution in [3.05, 3.63) is 18.0 Å². The van der Waals surface area contributed by atoms with Crippen molar-refractivity contribution in [3.63, 3.8) is 0 Å². The lowest BCUT2D eigenvalue weighted by Gasteiger charge is -2.05. The van der Waals surface area contributed by atoms with Crippen LogP contribution in [-0.4, -0.2) is 26.7 Å². The molecule has 1 heterocycles. The number of nitrogens with zero attached hydrogens (tertiary/aromatic N) is 2. The minimum atomic E-state index is 0.554. The number of halogens is 1. The third kappa shape index (κ3) is 4.05. The number of hydrogen-bond acceptors (Lipinski definition) is 2. The van der Waals surface area contributed by atoms with Gasteiger partial charge in [-0.15, -0.1) is 11.6 Å². The van der Waals surface area contributed by atoms with Crippen LogP contribution in [0.3, 0.4) is 0 Å². The van der Waals surface area contributed by atoms with Crippen molar-refractivity contribution in [2.45, 2.75) is 18.6 Å². The van der Waals surface area contributed by atoms with Crippen molar-refractivity contribution in [1.29, 1.82) is 0 Å².